The number of para-hydroxylation sites is 1. The highest BCUT2D eigenvalue weighted by atomic mass is 16.6. The zero-order valence-corrected chi connectivity index (χ0v) is 18.1. The molecular weight excluding hydrogens is 432 g/mol. The minimum absolute atomic E-state index is 0.0118. The Labute approximate surface area is 187 Å². The number of ketones is 1. The number of ether oxygens (including phenoxy) is 3. The maximum absolute atomic E-state index is 12.6. The van der Waals surface area contributed by atoms with Gasteiger partial charge in [0, 0.05) is 23.1 Å². The summed E-state index contributed by atoms with van der Waals surface area (Å²) in [6, 6.07) is 7.93. The predicted octanol–water partition coefficient (Wildman–Crippen LogP) is 3.00. The van der Waals surface area contributed by atoms with Crippen LogP contribution in [0.15, 0.2) is 39.5 Å². The van der Waals surface area contributed by atoms with E-state index in [1.54, 1.807) is 31.2 Å². The number of esters is 2. The molecule has 1 unspecified atom stereocenters. The lowest BCUT2D eigenvalue weighted by molar-refractivity contribution is -0.143. The summed E-state index contributed by atoms with van der Waals surface area (Å²) in [6.45, 7) is 2.48. The number of carbonyl (C=O) groups excluding carboxylic acids is 3. The average Bonchev–Trinajstić information content (AvgIpc) is 2.76. The molecule has 1 aliphatic rings. The first-order valence-electron chi connectivity index (χ1n) is 10.1. The van der Waals surface area contributed by atoms with Gasteiger partial charge in [-0.1, -0.05) is 18.2 Å². The number of benzene rings is 2. The second-order valence-corrected chi connectivity index (χ2v) is 7.61. The largest absolute Gasteiger partial charge is 0.506 e. The fourth-order valence-corrected chi connectivity index (χ4v) is 4.10. The van der Waals surface area contributed by atoms with Crippen LogP contribution in [0.3, 0.4) is 0 Å². The Balaban J connectivity index is 2.04. The first kappa shape index (κ1) is 22.1. The van der Waals surface area contributed by atoms with Crippen LogP contribution in [0.1, 0.15) is 46.3 Å². The number of aryl methyl sites for hydroxylation is 1. The van der Waals surface area contributed by atoms with Gasteiger partial charge in [-0.25, -0.2) is 9.59 Å². The molecule has 0 saturated heterocycles. The number of phenols is 1. The summed E-state index contributed by atoms with van der Waals surface area (Å²) in [7, 11) is 1.23. The van der Waals surface area contributed by atoms with Gasteiger partial charge >= 0.3 is 17.6 Å². The standard InChI is InChI=1S/C24H20O9/c1-11-8-16(26)32-23-19(11)22(29)20(12(2)25)24-21(23)14(9-17(27)33-24)13-6-4-5-7-15(13)31-10-18(28)30-3/h4-8,14,29H,9-10H2,1-3H3. The van der Waals surface area contributed by atoms with Crippen LogP contribution in [0, 0.1) is 6.92 Å². The van der Waals surface area contributed by atoms with Crippen molar-refractivity contribution in [1.29, 1.82) is 0 Å². The molecule has 0 fully saturated rings. The normalized spacial score (nSPS) is 15.0. The van der Waals surface area contributed by atoms with E-state index in [9.17, 15) is 24.3 Å². The maximum Gasteiger partial charge on any atom is 0.343 e. The smallest absolute Gasteiger partial charge is 0.343 e. The van der Waals surface area contributed by atoms with Gasteiger partial charge in [-0.15, -0.1) is 0 Å². The SMILES string of the molecule is COC(=O)COc1ccccc1C1CC(=O)Oc2c(C(C)=O)c(O)c3c(C)cc(=O)oc3c21. The average molecular weight is 452 g/mol. The zero-order valence-electron chi connectivity index (χ0n) is 18.1. The summed E-state index contributed by atoms with van der Waals surface area (Å²) in [5, 5.41) is 11.0. The van der Waals surface area contributed by atoms with Crippen LogP contribution >= 0.6 is 0 Å². The lowest BCUT2D eigenvalue weighted by Crippen LogP contribution is -2.24. The lowest BCUT2D eigenvalue weighted by Gasteiger charge is -2.28. The molecule has 1 atom stereocenters. The second-order valence-electron chi connectivity index (χ2n) is 7.61. The van der Waals surface area contributed by atoms with Gasteiger partial charge in [0.15, 0.2) is 18.1 Å². The van der Waals surface area contributed by atoms with Gasteiger partial charge in [0.2, 0.25) is 0 Å². The number of phenolic OH excluding ortho intramolecular Hbond substituents is 1. The molecule has 9 heteroatoms. The Bertz CT molecular complexity index is 1370. The number of hydrogen-bond donors (Lipinski definition) is 1. The van der Waals surface area contributed by atoms with E-state index >= 15 is 0 Å². The quantitative estimate of drug-likeness (QED) is 0.269. The van der Waals surface area contributed by atoms with E-state index in [0.29, 0.717) is 16.9 Å². The third-order valence-electron chi connectivity index (χ3n) is 5.50. The lowest BCUT2D eigenvalue weighted by atomic mass is 9.82. The Kier molecular flexibility index (Phi) is 5.63. The van der Waals surface area contributed by atoms with Crippen LogP contribution in [-0.2, 0) is 14.3 Å². The zero-order chi connectivity index (χ0) is 23.9. The molecule has 2 aromatic carbocycles. The van der Waals surface area contributed by atoms with Gasteiger partial charge in [-0.05, 0) is 25.5 Å². The Hall–Kier alpha value is -4.14. The third kappa shape index (κ3) is 3.82. The van der Waals surface area contributed by atoms with Crippen molar-refractivity contribution in [1.82, 2.24) is 0 Å². The number of Topliss-reactive ketones (excluding diaryl/α,β-unsaturated/α-hetero) is 1. The molecule has 2 heterocycles. The third-order valence-corrected chi connectivity index (χ3v) is 5.50. The Morgan fingerprint density at radius 2 is 1.94 bits per heavy atom. The molecule has 33 heavy (non-hydrogen) atoms. The van der Waals surface area contributed by atoms with Gasteiger partial charge < -0.3 is 23.7 Å². The van der Waals surface area contributed by atoms with E-state index in [2.05, 4.69) is 4.74 Å². The first-order chi connectivity index (χ1) is 15.7. The summed E-state index contributed by atoms with van der Waals surface area (Å²) in [5.41, 5.74) is 0.337. The van der Waals surface area contributed by atoms with Crippen molar-refractivity contribution < 1.29 is 38.1 Å². The first-order valence-corrected chi connectivity index (χ1v) is 10.1. The van der Waals surface area contributed by atoms with Crippen molar-refractivity contribution >= 4 is 28.7 Å². The minimum Gasteiger partial charge on any atom is -0.506 e. The van der Waals surface area contributed by atoms with Crippen molar-refractivity contribution in [3.8, 4) is 17.2 Å². The molecule has 0 aliphatic carbocycles. The van der Waals surface area contributed by atoms with Crippen LogP contribution in [0.4, 0.5) is 0 Å². The highest BCUT2D eigenvalue weighted by Gasteiger charge is 2.38. The van der Waals surface area contributed by atoms with Gasteiger partial charge in [0.1, 0.15) is 22.6 Å². The summed E-state index contributed by atoms with van der Waals surface area (Å²) in [5.74, 6) is -2.81. The molecule has 170 valence electrons. The number of carbonyl (C=O) groups is 3. The number of methoxy groups -OCH3 is 1. The van der Waals surface area contributed by atoms with Crippen molar-refractivity contribution in [2.24, 2.45) is 0 Å². The fraction of sp³-hybridized carbons (Fsp3) is 0.250. The maximum atomic E-state index is 12.6. The van der Waals surface area contributed by atoms with E-state index in [-0.39, 0.29) is 40.9 Å². The van der Waals surface area contributed by atoms with Crippen molar-refractivity contribution in [3.63, 3.8) is 0 Å². The molecule has 0 radical (unpaired) electrons. The molecule has 4 rings (SSSR count). The molecule has 0 bridgehead atoms. The molecule has 1 N–H and O–H groups in total. The number of aromatic hydroxyl groups is 1. The summed E-state index contributed by atoms with van der Waals surface area (Å²) >= 11 is 0. The van der Waals surface area contributed by atoms with E-state index in [1.807, 2.05) is 0 Å². The van der Waals surface area contributed by atoms with Crippen molar-refractivity contribution in [2.45, 2.75) is 26.2 Å². The van der Waals surface area contributed by atoms with Crippen LogP contribution in [0.25, 0.3) is 11.0 Å². The highest BCUT2D eigenvalue weighted by Crippen LogP contribution is 2.50. The summed E-state index contributed by atoms with van der Waals surface area (Å²) in [6.07, 6.45) is -0.152. The molecule has 1 aliphatic heterocycles. The number of rotatable bonds is 5. The van der Waals surface area contributed by atoms with Gasteiger partial charge in [0.05, 0.1) is 18.9 Å². The van der Waals surface area contributed by atoms with Gasteiger partial charge in [0.25, 0.3) is 0 Å². The van der Waals surface area contributed by atoms with Crippen LogP contribution in [0.5, 0.6) is 17.2 Å². The molecule has 3 aromatic rings. The molecule has 9 nitrogen and oxygen atoms in total. The van der Waals surface area contributed by atoms with E-state index in [0.717, 1.165) is 0 Å². The van der Waals surface area contributed by atoms with Crippen LogP contribution < -0.4 is 15.1 Å². The van der Waals surface area contributed by atoms with Crippen LogP contribution in [-0.4, -0.2) is 36.5 Å². The summed E-state index contributed by atoms with van der Waals surface area (Å²) in [4.78, 5) is 48.8. The highest BCUT2D eigenvalue weighted by molar-refractivity contribution is 6.09. The van der Waals surface area contributed by atoms with Gasteiger partial charge in [-0.2, -0.15) is 0 Å². The van der Waals surface area contributed by atoms with E-state index in [4.69, 9.17) is 13.9 Å². The Morgan fingerprint density at radius 3 is 2.64 bits per heavy atom. The number of fused-ring (bicyclic) bond motifs is 3. The molecule has 0 amide bonds. The van der Waals surface area contributed by atoms with Crippen molar-refractivity contribution in [3.05, 3.63) is 63.0 Å². The topological polar surface area (TPSA) is 129 Å². The predicted molar refractivity (Wildman–Crippen MR) is 115 cm³/mol. The van der Waals surface area contributed by atoms with Gasteiger partial charge in [-0.3, -0.25) is 9.59 Å². The fourth-order valence-electron chi connectivity index (χ4n) is 4.10. The molecular formula is C24H20O9. The van der Waals surface area contributed by atoms with Crippen molar-refractivity contribution in [2.75, 3.05) is 13.7 Å². The van der Waals surface area contributed by atoms with E-state index < -0.39 is 35.0 Å². The molecule has 0 saturated carbocycles. The Morgan fingerprint density at radius 1 is 1.21 bits per heavy atom. The number of hydrogen-bond acceptors (Lipinski definition) is 9. The molecule has 0 spiro atoms. The minimum atomic E-state index is -0.749. The van der Waals surface area contributed by atoms with Crippen LogP contribution in [0.2, 0.25) is 0 Å². The summed E-state index contributed by atoms with van der Waals surface area (Å²) < 4.78 is 21.1. The molecule has 1 aromatic heterocycles. The second kappa shape index (κ2) is 8.42. The van der Waals surface area contributed by atoms with E-state index in [1.165, 1.54) is 20.1 Å². The monoisotopic (exact) mass is 452 g/mol.